The molecule has 3 rings (SSSR count). The van der Waals surface area contributed by atoms with E-state index in [-0.39, 0.29) is 11.8 Å². The van der Waals surface area contributed by atoms with Crippen LogP contribution < -0.4 is 10.6 Å². The van der Waals surface area contributed by atoms with Gasteiger partial charge < -0.3 is 10.6 Å². The normalized spacial score (nSPS) is 13.0. The topological polar surface area (TPSA) is 58.2 Å². The van der Waals surface area contributed by atoms with E-state index >= 15 is 0 Å². The number of rotatable bonds is 2. The van der Waals surface area contributed by atoms with Crippen molar-refractivity contribution in [3.05, 3.63) is 45.6 Å². The highest BCUT2D eigenvalue weighted by Gasteiger charge is 2.18. The van der Waals surface area contributed by atoms with E-state index in [0.717, 1.165) is 16.8 Å². The number of anilines is 2. The molecule has 0 atom stereocenters. The van der Waals surface area contributed by atoms with E-state index in [1.54, 1.807) is 6.07 Å². The molecule has 0 saturated heterocycles. The molecule has 96 valence electrons. The van der Waals surface area contributed by atoms with Crippen molar-refractivity contribution < 1.29 is 9.59 Å². The van der Waals surface area contributed by atoms with Gasteiger partial charge in [0.15, 0.2) is 0 Å². The van der Waals surface area contributed by atoms with Crippen LogP contribution in [-0.4, -0.2) is 11.8 Å². The summed E-state index contributed by atoms with van der Waals surface area (Å²) in [5, 5.41) is 7.56. The van der Waals surface area contributed by atoms with Gasteiger partial charge in [-0.2, -0.15) is 0 Å². The minimum Gasteiger partial charge on any atom is -0.326 e. The molecule has 0 aliphatic carbocycles. The van der Waals surface area contributed by atoms with Crippen LogP contribution in [0.1, 0.15) is 20.8 Å². The maximum Gasteiger partial charge on any atom is 0.265 e. The minimum absolute atomic E-state index is 0.00708. The molecule has 1 aromatic carbocycles. The minimum atomic E-state index is -0.115. The van der Waals surface area contributed by atoms with Gasteiger partial charge in [-0.3, -0.25) is 9.59 Å². The Balaban J connectivity index is 1.79. The lowest BCUT2D eigenvalue weighted by Gasteiger charge is -2.05. The lowest BCUT2D eigenvalue weighted by Crippen LogP contribution is -2.10. The van der Waals surface area contributed by atoms with Crippen LogP contribution in [-0.2, 0) is 11.2 Å². The molecule has 0 fully saturated rings. The summed E-state index contributed by atoms with van der Waals surface area (Å²) in [5.41, 5.74) is 3.55. The summed E-state index contributed by atoms with van der Waals surface area (Å²) < 4.78 is 0. The summed E-state index contributed by atoms with van der Waals surface area (Å²) in [6, 6.07) is 7.31. The number of amides is 2. The monoisotopic (exact) mass is 272 g/mol. The number of aryl methyl sites for hydroxylation is 1. The molecular formula is C14H12N2O2S. The predicted octanol–water partition coefficient (Wildman–Crippen LogP) is 2.80. The summed E-state index contributed by atoms with van der Waals surface area (Å²) in [5.74, 6) is -0.123. The van der Waals surface area contributed by atoms with E-state index < -0.39 is 0 Å². The highest BCUT2D eigenvalue weighted by atomic mass is 32.1. The molecule has 2 amide bonds. The highest BCUT2D eigenvalue weighted by molar-refractivity contribution is 7.12. The Morgan fingerprint density at radius 1 is 1.37 bits per heavy atom. The number of thiophene rings is 1. The third-order valence-electron chi connectivity index (χ3n) is 2.94. The largest absolute Gasteiger partial charge is 0.326 e. The SMILES string of the molecule is Cc1csc(C(=O)Nc2ccc3c(c2)CC(=O)N3)c1. The van der Waals surface area contributed by atoms with Crippen molar-refractivity contribution in [3.8, 4) is 0 Å². The van der Waals surface area contributed by atoms with Crippen molar-refractivity contribution in [2.75, 3.05) is 10.6 Å². The molecule has 1 aromatic heterocycles. The first-order valence-electron chi connectivity index (χ1n) is 5.91. The van der Waals surface area contributed by atoms with Gasteiger partial charge in [-0.05, 0) is 47.7 Å². The first-order valence-corrected chi connectivity index (χ1v) is 6.79. The summed E-state index contributed by atoms with van der Waals surface area (Å²) >= 11 is 1.42. The number of carbonyl (C=O) groups excluding carboxylic acids is 2. The second-order valence-corrected chi connectivity index (χ2v) is 5.45. The molecule has 1 aliphatic rings. The van der Waals surface area contributed by atoms with Crippen molar-refractivity contribution in [2.45, 2.75) is 13.3 Å². The second kappa shape index (κ2) is 4.51. The Morgan fingerprint density at radius 2 is 2.21 bits per heavy atom. The number of hydrogen-bond donors (Lipinski definition) is 2. The molecule has 0 unspecified atom stereocenters. The number of carbonyl (C=O) groups is 2. The molecule has 2 aromatic rings. The fraction of sp³-hybridized carbons (Fsp3) is 0.143. The van der Waals surface area contributed by atoms with Gasteiger partial charge in [0.25, 0.3) is 5.91 Å². The van der Waals surface area contributed by atoms with Crippen LogP contribution in [0.4, 0.5) is 11.4 Å². The first kappa shape index (κ1) is 11.9. The first-order chi connectivity index (χ1) is 9.11. The molecule has 0 radical (unpaired) electrons. The summed E-state index contributed by atoms with van der Waals surface area (Å²) in [6.07, 6.45) is 0.372. The van der Waals surface area contributed by atoms with Gasteiger partial charge in [-0.15, -0.1) is 11.3 Å². The maximum atomic E-state index is 12.0. The van der Waals surface area contributed by atoms with E-state index in [1.807, 2.05) is 30.5 Å². The standard InChI is InChI=1S/C14H12N2O2S/c1-8-4-12(19-7-8)14(18)15-10-2-3-11-9(5-10)6-13(17)16-11/h2-5,7H,6H2,1H3,(H,15,18)(H,16,17). The summed E-state index contributed by atoms with van der Waals surface area (Å²) in [6.45, 7) is 1.96. The van der Waals surface area contributed by atoms with E-state index in [0.29, 0.717) is 17.0 Å². The summed E-state index contributed by atoms with van der Waals surface area (Å²) in [7, 11) is 0. The highest BCUT2D eigenvalue weighted by Crippen LogP contribution is 2.26. The number of fused-ring (bicyclic) bond motifs is 1. The molecule has 4 nitrogen and oxygen atoms in total. The van der Waals surface area contributed by atoms with E-state index in [1.165, 1.54) is 11.3 Å². The Labute approximate surface area is 114 Å². The van der Waals surface area contributed by atoms with Crippen LogP contribution in [0.2, 0.25) is 0 Å². The lowest BCUT2D eigenvalue weighted by atomic mass is 10.1. The average molecular weight is 272 g/mol. The zero-order valence-corrected chi connectivity index (χ0v) is 11.1. The van der Waals surface area contributed by atoms with Crippen molar-refractivity contribution in [2.24, 2.45) is 0 Å². The average Bonchev–Trinajstić information content (AvgIpc) is 2.93. The van der Waals surface area contributed by atoms with Crippen LogP contribution in [0.15, 0.2) is 29.6 Å². The van der Waals surface area contributed by atoms with Crippen molar-refractivity contribution in [1.82, 2.24) is 0 Å². The Bertz CT molecular complexity index is 676. The number of hydrogen-bond acceptors (Lipinski definition) is 3. The zero-order valence-electron chi connectivity index (χ0n) is 10.3. The molecule has 0 spiro atoms. The molecular weight excluding hydrogens is 260 g/mol. The van der Waals surface area contributed by atoms with Crippen LogP contribution in [0.25, 0.3) is 0 Å². The molecule has 2 heterocycles. The summed E-state index contributed by atoms with van der Waals surface area (Å²) in [4.78, 5) is 24.0. The molecule has 5 heteroatoms. The predicted molar refractivity (Wildman–Crippen MR) is 75.8 cm³/mol. The second-order valence-electron chi connectivity index (χ2n) is 4.54. The van der Waals surface area contributed by atoms with Crippen LogP contribution in [0, 0.1) is 6.92 Å². The Kier molecular flexibility index (Phi) is 2.83. The van der Waals surface area contributed by atoms with Gasteiger partial charge in [0, 0.05) is 11.4 Å². The van der Waals surface area contributed by atoms with E-state index in [4.69, 9.17) is 0 Å². The number of benzene rings is 1. The number of nitrogens with one attached hydrogen (secondary N) is 2. The van der Waals surface area contributed by atoms with Gasteiger partial charge in [0.2, 0.25) is 5.91 Å². The van der Waals surface area contributed by atoms with Gasteiger partial charge in [-0.1, -0.05) is 0 Å². The van der Waals surface area contributed by atoms with Crippen LogP contribution >= 0.6 is 11.3 Å². The molecule has 1 aliphatic heterocycles. The zero-order chi connectivity index (χ0) is 13.4. The molecule has 19 heavy (non-hydrogen) atoms. The van der Waals surface area contributed by atoms with E-state index in [2.05, 4.69) is 10.6 Å². The molecule has 0 bridgehead atoms. The van der Waals surface area contributed by atoms with Gasteiger partial charge >= 0.3 is 0 Å². The molecule has 2 N–H and O–H groups in total. The Morgan fingerprint density at radius 3 is 2.95 bits per heavy atom. The van der Waals surface area contributed by atoms with Crippen molar-refractivity contribution in [1.29, 1.82) is 0 Å². The van der Waals surface area contributed by atoms with Gasteiger partial charge in [0.1, 0.15) is 0 Å². The third kappa shape index (κ3) is 2.37. The van der Waals surface area contributed by atoms with E-state index in [9.17, 15) is 9.59 Å². The maximum absolute atomic E-state index is 12.0. The fourth-order valence-corrected chi connectivity index (χ4v) is 2.84. The smallest absolute Gasteiger partial charge is 0.265 e. The quantitative estimate of drug-likeness (QED) is 0.883. The van der Waals surface area contributed by atoms with Crippen LogP contribution in [0.3, 0.4) is 0 Å². The lowest BCUT2D eigenvalue weighted by molar-refractivity contribution is -0.115. The van der Waals surface area contributed by atoms with Crippen molar-refractivity contribution in [3.63, 3.8) is 0 Å². The van der Waals surface area contributed by atoms with Gasteiger partial charge in [0.05, 0.1) is 11.3 Å². The third-order valence-corrected chi connectivity index (χ3v) is 3.99. The van der Waals surface area contributed by atoms with Crippen LogP contribution in [0.5, 0.6) is 0 Å². The fourth-order valence-electron chi connectivity index (χ4n) is 2.05. The molecule has 0 saturated carbocycles. The van der Waals surface area contributed by atoms with Gasteiger partial charge in [-0.25, -0.2) is 0 Å². The van der Waals surface area contributed by atoms with Crippen molar-refractivity contribution >= 4 is 34.5 Å². The Hall–Kier alpha value is -2.14.